The number of carbonyl (C=O) groups excluding carboxylic acids is 1. The summed E-state index contributed by atoms with van der Waals surface area (Å²) < 4.78 is 14.8. The molecular formula is C17H13ClFN3O. The zero-order valence-corrected chi connectivity index (χ0v) is 12.8. The third-order valence-corrected chi connectivity index (χ3v) is 3.44. The van der Waals surface area contributed by atoms with Crippen LogP contribution in [-0.4, -0.2) is 15.7 Å². The normalized spacial score (nSPS) is 10.5. The van der Waals surface area contributed by atoms with Crippen LogP contribution in [0.25, 0.3) is 0 Å². The van der Waals surface area contributed by atoms with E-state index in [9.17, 15) is 9.18 Å². The highest BCUT2D eigenvalue weighted by Crippen LogP contribution is 2.13. The zero-order valence-electron chi connectivity index (χ0n) is 12.0. The molecule has 0 aliphatic carbocycles. The molecule has 0 atom stereocenters. The Morgan fingerprint density at radius 3 is 2.78 bits per heavy atom. The minimum Gasteiger partial charge on any atom is -0.305 e. The van der Waals surface area contributed by atoms with Crippen molar-refractivity contribution in [1.29, 1.82) is 0 Å². The second kappa shape index (κ2) is 6.62. The van der Waals surface area contributed by atoms with Crippen LogP contribution in [0, 0.1) is 5.82 Å². The molecular weight excluding hydrogens is 317 g/mol. The Bertz CT molecular complexity index is 847. The van der Waals surface area contributed by atoms with Crippen molar-refractivity contribution in [2.24, 2.45) is 0 Å². The van der Waals surface area contributed by atoms with E-state index in [2.05, 4.69) is 10.4 Å². The SMILES string of the molecule is O=C(Nc1ccn(Cc2cccc(Cl)c2)n1)c1cccc(F)c1. The monoisotopic (exact) mass is 329 g/mol. The van der Waals surface area contributed by atoms with Crippen LogP contribution in [0.3, 0.4) is 0 Å². The van der Waals surface area contributed by atoms with Crippen molar-refractivity contribution in [3.05, 3.63) is 82.8 Å². The summed E-state index contributed by atoms with van der Waals surface area (Å²) in [5.74, 6) is -0.456. The second-order valence-electron chi connectivity index (χ2n) is 4.99. The molecule has 0 saturated carbocycles. The predicted molar refractivity (Wildman–Crippen MR) is 87.1 cm³/mol. The van der Waals surface area contributed by atoms with Gasteiger partial charge in [-0.15, -0.1) is 0 Å². The fourth-order valence-electron chi connectivity index (χ4n) is 2.16. The van der Waals surface area contributed by atoms with E-state index in [1.54, 1.807) is 29.1 Å². The minimum atomic E-state index is -0.455. The lowest BCUT2D eigenvalue weighted by Crippen LogP contribution is -2.13. The number of halogens is 2. The molecule has 0 radical (unpaired) electrons. The molecule has 3 rings (SSSR count). The molecule has 2 aromatic carbocycles. The number of aromatic nitrogens is 2. The first kappa shape index (κ1) is 15.2. The summed E-state index contributed by atoms with van der Waals surface area (Å²) in [6.07, 6.45) is 1.75. The van der Waals surface area contributed by atoms with Crippen LogP contribution >= 0.6 is 11.6 Å². The van der Waals surface area contributed by atoms with E-state index in [0.29, 0.717) is 17.4 Å². The number of amides is 1. The molecule has 0 unspecified atom stereocenters. The molecule has 6 heteroatoms. The van der Waals surface area contributed by atoms with Gasteiger partial charge in [0.05, 0.1) is 6.54 Å². The van der Waals surface area contributed by atoms with Crippen LogP contribution in [-0.2, 0) is 6.54 Å². The smallest absolute Gasteiger partial charge is 0.256 e. The molecule has 1 heterocycles. The van der Waals surface area contributed by atoms with Gasteiger partial charge in [0, 0.05) is 22.8 Å². The highest BCUT2D eigenvalue weighted by atomic mass is 35.5. The van der Waals surface area contributed by atoms with Gasteiger partial charge in [0.15, 0.2) is 5.82 Å². The fraction of sp³-hybridized carbons (Fsp3) is 0.0588. The lowest BCUT2D eigenvalue weighted by molar-refractivity contribution is 0.102. The second-order valence-corrected chi connectivity index (χ2v) is 5.43. The quantitative estimate of drug-likeness (QED) is 0.787. The van der Waals surface area contributed by atoms with Crippen LogP contribution in [0.15, 0.2) is 60.8 Å². The van der Waals surface area contributed by atoms with Crippen molar-refractivity contribution >= 4 is 23.3 Å². The van der Waals surface area contributed by atoms with Crippen molar-refractivity contribution < 1.29 is 9.18 Å². The summed E-state index contributed by atoms with van der Waals surface area (Å²) in [5.41, 5.74) is 1.25. The maximum Gasteiger partial charge on any atom is 0.256 e. The van der Waals surface area contributed by atoms with Gasteiger partial charge in [-0.05, 0) is 35.9 Å². The van der Waals surface area contributed by atoms with E-state index in [4.69, 9.17) is 11.6 Å². The molecule has 0 spiro atoms. The average Bonchev–Trinajstić information content (AvgIpc) is 2.94. The van der Waals surface area contributed by atoms with E-state index in [0.717, 1.165) is 5.56 Å². The van der Waals surface area contributed by atoms with Crippen molar-refractivity contribution in [2.45, 2.75) is 6.54 Å². The first-order chi connectivity index (χ1) is 11.1. The van der Waals surface area contributed by atoms with E-state index < -0.39 is 11.7 Å². The summed E-state index contributed by atoms with van der Waals surface area (Å²) in [4.78, 5) is 12.0. The van der Waals surface area contributed by atoms with Crippen LogP contribution in [0.1, 0.15) is 15.9 Å². The van der Waals surface area contributed by atoms with E-state index in [1.165, 1.54) is 18.2 Å². The Morgan fingerprint density at radius 1 is 1.17 bits per heavy atom. The third-order valence-electron chi connectivity index (χ3n) is 3.20. The topological polar surface area (TPSA) is 46.9 Å². The summed E-state index contributed by atoms with van der Waals surface area (Å²) in [5, 5.41) is 7.57. The Kier molecular flexibility index (Phi) is 4.39. The van der Waals surface area contributed by atoms with Crippen LogP contribution in [0.4, 0.5) is 10.2 Å². The number of hydrogen-bond donors (Lipinski definition) is 1. The van der Waals surface area contributed by atoms with Gasteiger partial charge in [0.25, 0.3) is 5.91 Å². The lowest BCUT2D eigenvalue weighted by atomic mass is 10.2. The minimum absolute atomic E-state index is 0.245. The molecule has 0 bridgehead atoms. The van der Waals surface area contributed by atoms with Crippen molar-refractivity contribution in [1.82, 2.24) is 9.78 Å². The fourth-order valence-corrected chi connectivity index (χ4v) is 2.37. The molecule has 0 aliphatic heterocycles. The molecule has 1 amide bonds. The number of hydrogen-bond acceptors (Lipinski definition) is 2. The van der Waals surface area contributed by atoms with Gasteiger partial charge < -0.3 is 5.32 Å². The first-order valence-corrected chi connectivity index (χ1v) is 7.33. The standard InChI is InChI=1S/C17H13ClFN3O/c18-14-5-1-3-12(9-14)11-22-8-7-16(21-22)20-17(23)13-4-2-6-15(19)10-13/h1-10H,11H2,(H,20,21,23). The number of rotatable bonds is 4. The highest BCUT2D eigenvalue weighted by molar-refractivity contribution is 6.30. The number of benzene rings is 2. The molecule has 0 saturated heterocycles. The Labute approximate surface area is 137 Å². The Hall–Kier alpha value is -2.66. The van der Waals surface area contributed by atoms with E-state index in [1.807, 2.05) is 18.2 Å². The zero-order chi connectivity index (χ0) is 16.2. The van der Waals surface area contributed by atoms with Crippen LogP contribution < -0.4 is 5.32 Å². The van der Waals surface area contributed by atoms with Gasteiger partial charge in [-0.2, -0.15) is 5.10 Å². The molecule has 1 aromatic heterocycles. The predicted octanol–water partition coefficient (Wildman–Crippen LogP) is 3.98. The number of carbonyl (C=O) groups is 1. The van der Waals surface area contributed by atoms with Crippen LogP contribution in [0.5, 0.6) is 0 Å². The summed E-state index contributed by atoms with van der Waals surface area (Å²) in [7, 11) is 0. The molecule has 4 nitrogen and oxygen atoms in total. The number of anilines is 1. The summed E-state index contributed by atoms with van der Waals surface area (Å²) in [6.45, 7) is 0.538. The van der Waals surface area contributed by atoms with E-state index in [-0.39, 0.29) is 5.56 Å². The van der Waals surface area contributed by atoms with Crippen molar-refractivity contribution in [2.75, 3.05) is 5.32 Å². The molecule has 116 valence electrons. The molecule has 0 fully saturated rings. The third kappa shape index (κ3) is 3.96. The van der Waals surface area contributed by atoms with Crippen molar-refractivity contribution in [3.8, 4) is 0 Å². The summed E-state index contributed by atoms with van der Waals surface area (Å²) >= 11 is 5.95. The highest BCUT2D eigenvalue weighted by Gasteiger charge is 2.09. The van der Waals surface area contributed by atoms with Gasteiger partial charge in [0.1, 0.15) is 5.82 Å². The van der Waals surface area contributed by atoms with E-state index >= 15 is 0 Å². The Balaban J connectivity index is 1.68. The Morgan fingerprint density at radius 2 is 2.00 bits per heavy atom. The maximum absolute atomic E-state index is 13.1. The van der Waals surface area contributed by atoms with Gasteiger partial charge in [-0.3, -0.25) is 9.48 Å². The van der Waals surface area contributed by atoms with Gasteiger partial charge >= 0.3 is 0 Å². The van der Waals surface area contributed by atoms with Crippen LogP contribution in [0.2, 0.25) is 5.02 Å². The lowest BCUT2D eigenvalue weighted by Gasteiger charge is -2.04. The molecule has 3 aromatic rings. The van der Waals surface area contributed by atoms with Crippen molar-refractivity contribution in [3.63, 3.8) is 0 Å². The first-order valence-electron chi connectivity index (χ1n) is 6.95. The largest absolute Gasteiger partial charge is 0.305 e. The maximum atomic E-state index is 13.1. The van der Waals surface area contributed by atoms with Gasteiger partial charge in [-0.1, -0.05) is 29.8 Å². The molecule has 1 N–H and O–H groups in total. The molecule has 0 aliphatic rings. The average molecular weight is 330 g/mol. The number of nitrogens with one attached hydrogen (secondary N) is 1. The van der Waals surface area contributed by atoms with Gasteiger partial charge in [0.2, 0.25) is 0 Å². The van der Waals surface area contributed by atoms with Gasteiger partial charge in [-0.25, -0.2) is 4.39 Å². The number of nitrogens with zero attached hydrogens (tertiary/aromatic N) is 2. The molecule has 23 heavy (non-hydrogen) atoms. The summed E-state index contributed by atoms with van der Waals surface area (Å²) in [6, 6.07) is 14.7.